The molecule has 64 heavy (non-hydrogen) atoms. The van der Waals surface area contributed by atoms with Crippen LogP contribution < -0.4 is 14.5 Å². The number of halogens is 1. The number of ether oxygens (including phenoxy) is 1. The SMILES string of the molecule is Fc1cc(-c2cccc3ccccc23)cc(N(c2ccccc2)c2ccc3c(c2)Oc2cccc4c(-c5ccc(N(c6ccccc6)c6ccc7ccccc7c6)cc5)ccc-3c24)c1. The number of anilines is 6. The molecular formula is C60H39FN2O. The van der Waals surface area contributed by atoms with Crippen LogP contribution in [0.4, 0.5) is 38.5 Å². The number of benzene rings is 11. The quantitative estimate of drug-likeness (QED) is 0.152. The van der Waals surface area contributed by atoms with E-state index in [1.807, 2.05) is 42.5 Å². The van der Waals surface area contributed by atoms with Gasteiger partial charge < -0.3 is 14.5 Å². The monoisotopic (exact) mass is 822 g/mol. The van der Waals surface area contributed by atoms with Crippen molar-refractivity contribution in [3.05, 3.63) is 242 Å². The summed E-state index contributed by atoms with van der Waals surface area (Å²) in [5.74, 6) is 1.24. The van der Waals surface area contributed by atoms with Crippen LogP contribution in [-0.4, -0.2) is 0 Å². The second-order valence-corrected chi connectivity index (χ2v) is 16.3. The molecule has 0 radical (unpaired) electrons. The maximum Gasteiger partial charge on any atom is 0.137 e. The highest BCUT2D eigenvalue weighted by atomic mass is 19.1. The fourth-order valence-electron chi connectivity index (χ4n) is 9.50. The lowest BCUT2D eigenvalue weighted by Crippen LogP contribution is -2.11. The number of hydrogen-bond acceptors (Lipinski definition) is 3. The van der Waals surface area contributed by atoms with Gasteiger partial charge in [-0.15, -0.1) is 0 Å². The Kier molecular flexibility index (Phi) is 9.01. The van der Waals surface area contributed by atoms with Gasteiger partial charge >= 0.3 is 0 Å². The molecular weight excluding hydrogens is 784 g/mol. The molecule has 0 spiro atoms. The molecule has 1 aliphatic heterocycles. The Morgan fingerprint density at radius 3 is 1.66 bits per heavy atom. The van der Waals surface area contributed by atoms with Crippen molar-refractivity contribution in [1.82, 2.24) is 0 Å². The van der Waals surface area contributed by atoms with E-state index in [4.69, 9.17) is 4.74 Å². The first-order valence-corrected chi connectivity index (χ1v) is 21.6. The van der Waals surface area contributed by atoms with Crippen molar-refractivity contribution in [1.29, 1.82) is 0 Å². The lowest BCUT2D eigenvalue weighted by molar-refractivity contribution is 0.487. The summed E-state index contributed by atoms with van der Waals surface area (Å²) in [6.07, 6.45) is 0. The molecule has 0 bridgehead atoms. The maximum atomic E-state index is 15.8. The van der Waals surface area contributed by atoms with E-state index in [1.165, 1.54) is 10.8 Å². The van der Waals surface area contributed by atoms with E-state index >= 15 is 4.39 Å². The fraction of sp³-hybridized carbons (Fsp3) is 0. The van der Waals surface area contributed by atoms with Gasteiger partial charge in [0.2, 0.25) is 0 Å². The third-order valence-corrected chi connectivity index (χ3v) is 12.4. The summed E-state index contributed by atoms with van der Waals surface area (Å²) in [4.78, 5) is 4.41. The average Bonchev–Trinajstić information content (AvgIpc) is 3.35. The van der Waals surface area contributed by atoms with Gasteiger partial charge in [-0.05, 0) is 140 Å². The standard InChI is InChI=1S/C60H39FN2O/c61-45-35-44(53-22-11-16-41-14-9-10-21-52(41)53)37-51(38-45)63(47-19-5-2-6-20-47)50-31-32-55-57-34-33-54(56-23-12-24-58(60(56)57)64-59(55)39-50)42-26-28-48(29-27-42)62(46-17-3-1-4-18-46)49-30-25-40-13-7-8-15-43(40)36-49/h1-39H. The summed E-state index contributed by atoms with van der Waals surface area (Å²) in [6, 6.07) is 81.4. The molecule has 0 fully saturated rings. The predicted molar refractivity (Wildman–Crippen MR) is 265 cm³/mol. The van der Waals surface area contributed by atoms with E-state index in [1.54, 1.807) is 12.1 Å². The highest BCUT2D eigenvalue weighted by Crippen LogP contribution is 2.51. The van der Waals surface area contributed by atoms with Crippen molar-refractivity contribution < 1.29 is 9.13 Å². The summed E-state index contributed by atoms with van der Waals surface area (Å²) in [5, 5.41) is 6.81. The van der Waals surface area contributed by atoms with Crippen LogP contribution in [0.2, 0.25) is 0 Å². The van der Waals surface area contributed by atoms with Crippen LogP contribution in [0.1, 0.15) is 0 Å². The highest BCUT2D eigenvalue weighted by Gasteiger charge is 2.25. The molecule has 0 saturated heterocycles. The van der Waals surface area contributed by atoms with Gasteiger partial charge in [-0.1, -0.05) is 146 Å². The van der Waals surface area contributed by atoms with Crippen LogP contribution in [0.5, 0.6) is 11.5 Å². The van der Waals surface area contributed by atoms with Gasteiger partial charge in [-0.3, -0.25) is 0 Å². The molecule has 0 amide bonds. The minimum absolute atomic E-state index is 0.305. The molecule has 3 nitrogen and oxygen atoms in total. The number of para-hydroxylation sites is 2. The Hall–Kier alpha value is -8.47. The second-order valence-electron chi connectivity index (χ2n) is 16.3. The van der Waals surface area contributed by atoms with Crippen LogP contribution in [0.25, 0.3) is 65.7 Å². The predicted octanol–water partition coefficient (Wildman–Crippen LogP) is 17.3. The van der Waals surface area contributed by atoms with Crippen molar-refractivity contribution in [2.45, 2.75) is 0 Å². The zero-order chi connectivity index (χ0) is 42.6. The Labute approximate surface area is 371 Å². The summed E-state index contributed by atoms with van der Waals surface area (Å²) in [7, 11) is 0. The smallest absolute Gasteiger partial charge is 0.137 e. The lowest BCUT2D eigenvalue weighted by atomic mass is 9.89. The van der Waals surface area contributed by atoms with Crippen LogP contribution in [-0.2, 0) is 0 Å². The van der Waals surface area contributed by atoms with Crippen molar-refractivity contribution in [2.75, 3.05) is 9.80 Å². The third-order valence-electron chi connectivity index (χ3n) is 12.4. The zero-order valence-electron chi connectivity index (χ0n) is 34.7. The Bertz CT molecular complexity index is 3550. The molecule has 302 valence electrons. The minimum atomic E-state index is -0.305. The molecule has 4 heteroatoms. The van der Waals surface area contributed by atoms with Crippen molar-refractivity contribution in [3.63, 3.8) is 0 Å². The van der Waals surface area contributed by atoms with Gasteiger partial charge in [0.25, 0.3) is 0 Å². The average molecular weight is 823 g/mol. The van der Waals surface area contributed by atoms with Crippen molar-refractivity contribution in [2.24, 2.45) is 0 Å². The number of fused-ring (bicyclic) bond motifs is 4. The van der Waals surface area contributed by atoms with E-state index in [2.05, 4.69) is 192 Å². The van der Waals surface area contributed by atoms with E-state index in [0.717, 1.165) is 94.9 Å². The van der Waals surface area contributed by atoms with Crippen molar-refractivity contribution >= 4 is 66.4 Å². The molecule has 1 aliphatic rings. The number of rotatable bonds is 8. The third kappa shape index (κ3) is 6.52. The molecule has 12 rings (SSSR count). The molecule has 0 aromatic heterocycles. The first kappa shape index (κ1) is 37.3. The molecule has 1 heterocycles. The Morgan fingerprint density at radius 1 is 0.297 bits per heavy atom. The lowest BCUT2D eigenvalue weighted by Gasteiger charge is -2.28. The molecule has 0 atom stereocenters. The molecule has 0 N–H and O–H groups in total. The van der Waals surface area contributed by atoms with Gasteiger partial charge in [0.05, 0.1) is 0 Å². The molecule has 11 aromatic carbocycles. The molecule has 0 unspecified atom stereocenters. The van der Waals surface area contributed by atoms with E-state index < -0.39 is 0 Å². The van der Waals surface area contributed by atoms with Gasteiger partial charge in [-0.25, -0.2) is 4.39 Å². The van der Waals surface area contributed by atoms with E-state index in [9.17, 15) is 0 Å². The normalized spacial score (nSPS) is 11.6. The number of nitrogens with zero attached hydrogens (tertiary/aromatic N) is 2. The fourth-order valence-corrected chi connectivity index (χ4v) is 9.50. The second kappa shape index (κ2) is 15.5. The number of hydrogen-bond donors (Lipinski definition) is 0. The van der Waals surface area contributed by atoms with Gasteiger partial charge in [0.1, 0.15) is 17.3 Å². The Balaban J connectivity index is 0.918. The van der Waals surface area contributed by atoms with Crippen LogP contribution in [0.15, 0.2) is 237 Å². The van der Waals surface area contributed by atoms with Crippen LogP contribution >= 0.6 is 0 Å². The van der Waals surface area contributed by atoms with Crippen LogP contribution in [0.3, 0.4) is 0 Å². The summed E-state index contributed by atoms with van der Waals surface area (Å²) >= 11 is 0. The minimum Gasteiger partial charge on any atom is -0.456 e. The van der Waals surface area contributed by atoms with E-state index in [0.29, 0.717) is 5.69 Å². The molecule has 11 aromatic rings. The van der Waals surface area contributed by atoms with E-state index in [-0.39, 0.29) is 5.82 Å². The van der Waals surface area contributed by atoms with Gasteiger partial charge in [0.15, 0.2) is 0 Å². The summed E-state index contributed by atoms with van der Waals surface area (Å²) < 4.78 is 22.7. The van der Waals surface area contributed by atoms with Crippen LogP contribution in [0, 0.1) is 5.82 Å². The molecule has 0 saturated carbocycles. The van der Waals surface area contributed by atoms with Gasteiger partial charge in [-0.2, -0.15) is 0 Å². The zero-order valence-corrected chi connectivity index (χ0v) is 34.7. The van der Waals surface area contributed by atoms with Gasteiger partial charge in [0, 0.05) is 51.1 Å². The molecule has 0 aliphatic carbocycles. The largest absolute Gasteiger partial charge is 0.456 e. The summed E-state index contributed by atoms with van der Waals surface area (Å²) in [5.41, 5.74) is 11.9. The topological polar surface area (TPSA) is 15.7 Å². The highest BCUT2D eigenvalue weighted by molar-refractivity contribution is 6.10. The Morgan fingerprint density at radius 2 is 0.859 bits per heavy atom. The summed E-state index contributed by atoms with van der Waals surface area (Å²) in [6.45, 7) is 0. The van der Waals surface area contributed by atoms with Crippen molar-refractivity contribution in [3.8, 4) is 44.9 Å². The maximum absolute atomic E-state index is 15.8. The first-order chi connectivity index (χ1) is 31.6. The first-order valence-electron chi connectivity index (χ1n) is 21.6.